The van der Waals surface area contributed by atoms with Crippen LogP contribution in [0.5, 0.6) is 0 Å². The lowest BCUT2D eigenvalue weighted by molar-refractivity contribution is -0.218. The Morgan fingerprint density at radius 3 is 1.68 bits per heavy atom. The molecule has 5 nitrogen and oxygen atoms in total. The lowest BCUT2D eigenvalue weighted by Crippen LogP contribution is -2.49. The van der Waals surface area contributed by atoms with E-state index < -0.39 is 24.1 Å². The minimum Gasteiger partial charge on any atom is -0.387 e. The van der Waals surface area contributed by atoms with Gasteiger partial charge in [0.15, 0.2) is 6.29 Å². The average Bonchev–Trinajstić information content (AvgIpc) is 3.64. The van der Waals surface area contributed by atoms with Crippen LogP contribution in [0.25, 0.3) is 0 Å². The van der Waals surface area contributed by atoms with Gasteiger partial charge in [-0.15, -0.1) is 0 Å². The van der Waals surface area contributed by atoms with Crippen LogP contribution in [0.1, 0.15) is 16.7 Å². The molecule has 3 aromatic rings. The van der Waals surface area contributed by atoms with Crippen molar-refractivity contribution in [2.45, 2.75) is 36.3 Å². The quantitative estimate of drug-likeness (QED) is 0.470. The van der Waals surface area contributed by atoms with Crippen molar-refractivity contribution in [1.82, 2.24) is 0 Å². The molecule has 5 heteroatoms. The summed E-state index contributed by atoms with van der Waals surface area (Å²) in [5, 5.41) is 10.7. The third-order valence-corrected chi connectivity index (χ3v) is 6.09. The van der Waals surface area contributed by atoms with E-state index in [2.05, 4.69) is 36.4 Å². The van der Waals surface area contributed by atoms with Gasteiger partial charge >= 0.3 is 0 Å². The fourth-order valence-corrected chi connectivity index (χ4v) is 4.47. The summed E-state index contributed by atoms with van der Waals surface area (Å²) in [6, 6.07) is 30.4. The maximum Gasteiger partial charge on any atom is 0.186 e. The van der Waals surface area contributed by atoms with Gasteiger partial charge in [0.2, 0.25) is 0 Å². The minimum atomic E-state index is -0.864. The monoisotopic (exact) mass is 418 g/mol. The Balaban J connectivity index is 1.55. The average molecular weight is 418 g/mol. The normalized spacial score (nSPS) is 27.5. The summed E-state index contributed by atoms with van der Waals surface area (Å²) in [6.07, 6.45) is -2.31. The topological polar surface area (TPSA) is 60.5 Å². The summed E-state index contributed by atoms with van der Waals surface area (Å²) in [5.41, 5.74) is 2.14. The maximum atomic E-state index is 10.7. The number of aliphatic hydroxyl groups is 1. The van der Waals surface area contributed by atoms with Crippen LogP contribution in [0, 0.1) is 0 Å². The molecule has 2 saturated heterocycles. The van der Waals surface area contributed by atoms with E-state index in [4.69, 9.17) is 18.9 Å². The van der Waals surface area contributed by atoms with Gasteiger partial charge < -0.3 is 24.1 Å². The first-order chi connectivity index (χ1) is 15.2. The summed E-state index contributed by atoms with van der Waals surface area (Å²) in [6.45, 7) is 0.173. The van der Waals surface area contributed by atoms with Gasteiger partial charge in [0.25, 0.3) is 0 Å². The molecule has 2 aliphatic heterocycles. The molecule has 5 rings (SSSR count). The van der Waals surface area contributed by atoms with Crippen molar-refractivity contribution in [3.8, 4) is 0 Å². The number of epoxide rings is 1. The molecule has 2 heterocycles. The van der Waals surface area contributed by atoms with Crippen LogP contribution in [0.15, 0.2) is 91.0 Å². The van der Waals surface area contributed by atoms with Crippen LogP contribution in [0.4, 0.5) is 0 Å². The summed E-state index contributed by atoms with van der Waals surface area (Å²) in [5.74, 6) is 0. The summed E-state index contributed by atoms with van der Waals surface area (Å²) in [4.78, 5) is 0. The van der Waals surface area contributed by atoms with Gasteiger partial charge in [-0.1, -0.05) is 91.0 Å². The molecule has 0 aromatic heterocycles. The third kappa shape index (κ3) is 3.69. The van der Waals surface area contributed by atoms with Gasteiger partial charge in [-0.25, -0.2) is 0 Å². The van der Waals surface area contributed by atoms with Crippen LogP contribution < -0.4 is 0 Å². The van der Waals surface area contributed by atoms with E-state index in [1.165, 1.54) is 0 Å². The SMILES string of the molecule is CO[C@H]1O[C@H](COC(c2ccccc2)(c2ccccc2)c2ccccc2)[C@H](O)[C@H]2O[C@@H]12. The zero-order valence-corrected chi connectivity index (χ0v) is 17.3. The summed E-state index contributed by atoms with van der Waals surface area (Å²) < 4.78 is 23.7. The van der Waals surface area contributed by atoms with Crippen molar-refractivity contribution in [2.24, 2.45) is 0 Å². The number of fused-ring (bicyclic) bond motifs is 1. The molecule has 160 valence electrons. The van der Waals surface area contributed by atoms with Gasteiger partial charge in [0.1, 0.15) is 30.0 Å². The van der Waals surface area contributed by atoms with E-state index in [9.17, 15) is 5.11 Å². The molecule has 2 fully saturated rings. The van der Waals surface area contributed by atoms with Crippen LogP contribution in [-0.4, -0.2) is 49.5 Å². The second-order valence-electron chi connectivity index (χ2n) is 7.92. The summed E-state index contributed by atoms with van der Waals surface area (Å²) in [7, 11) is 1.58. The molecule has 0 amide bonds. The molecular weight excluding hydrogens is 392 g/mol. The second-order valence-corrected chi connectivity index (χ2v) is 7.92. The van der Waals surface area contributed by atoms with Crippen molar-refractivity contribution in [1.29, 1.82) is 0 Å². The Kier molecular flexibility index (Phi) is 5.61. The van der Waals surface area contributed by atoms with Gasteiger partial charge in [-0.3, -0.25) is 0 Å². The third-order valence-electron chi connectivity index (χ3n) is 6.09. The Morgan fingerprint density at radius 2 is 1.23 bits per heavy atom. The van der Waals surface area contributed by atoms with Crippen LogP contribution in [0.2, 0.25) is 0 Å². The molecule has 1 N–H and O–H groups in total. The predicted molar refractivity (Wildman–Crippen MR) is 115 cm³/mol. The predicted octanol–water partition coefficient (Wildman–Crippen LogP) is 3.49. The highest BCUT2D eigenvalue weighted by molar-refractivity contribution is 5.47. The highest BCUT2D eigenvalue weighted by Crippen LogP contribution is 2.42. The van der Waals surface area contributed by atoms with E-state index in [-0.39, 0.29) is 18.8 Å². The van der Waals surface area contributed by atoms with Crippen molar-refractivity contribution in [3.05, 3.63) is 108 Å². The Hall–Kier alpha value is -2.54. The van der Waals surface area contributed by atoms with Gasteiger partial charge in [0, 0.05) is 7.11 Å². The van der Waals surface area contributed by atoms with Crippen molar-refractivity contribution < 1.29 is 24.1 Å². The maximum absolute atomic E-state index is 10.7. The Morgan fingerprint density at radius 1 is 0.742 bits per heavy atom. The molecule has 0 saturated carbocycles. The van der Waals surface area contributed by atoms with E-state index >= 15 is 0 Å². The number of hydrogen-bond acceptors (Lipinski definition) is 5. The van der Waals surface area contributed by atoms with E-state index in [0.717, 1.165) is 16.7 Å². The van der Waals surface area contributed by atoms with E-state index in [1.807, 2.05) is 54.6 Å². The van der Waals surface area contributed by atoms with E-state index in [0.29, 0.717) is 0 Å². The molecule has 0 radical (unpaired) electrons. The first-order valence-electron chi connectivity index (χ1n) is 10.6. The standard InChI is InChI=1S/C26H26O5/c1-28-25-24-23(31-24)22(27)21(30-25)17-29-26(18-11-5-2-6-12-18,19-13-7-3-8-14-19)20-15-9-4-10-16-20/h2-16,21-25,27H,17H2,1H3/t21-,22+,23-,24-,25+/m1/s1. The molecule has 31 heavy (non-hydrogen) atoms. The smallest absolute Gasteiger partial charge is 0.186 e. The first-order valence-corrected chi connectivity index (χ1v) is 10.6. The molecule has 0 bridgehead atoms. The van der Waals surface area contributed by atoms with Gasteiger partial charge in [-0.05, 0) is 16.7 Å². The van der Waals surface area contributed by atoms with Gasteiger partial charge in [-0.2, -0.15) is 0 Å². The number of aliphatic hydroxyl groups excluding tert-OH is 1. The number of benzene rings is 3. The van der Waals surface area contributed by atoms with Crippen molar-refractivity contribution >= 4 is 0 Å². The number of ether oxygens (including phenoxy) is 4. The largest absolute Gasteiger partial charge is 0.387 e. The van der Waals surface area contributed by atoms with E-state index in [1.54, 1.807) is 7.11 Å². The fourth-order valence-electron chi connectivity index (χ4n) is 4.47. The van der Waals surface area contributed by atoms with Crippen LogP contribution >= 0.6 is 0 Å². The van der Waals surface area contributed by atoms with Crippen molar-refractivity contribution in [2.75, 3.05) is 13.7 Å². The molecule has 3 aromatic carbocycles. The fraction of sp³-hybridized carbons (Fsp3) is 0.308. The lowest BCUT2D eigenvalue weighted by Gasteiger charge is -2.38. The number of rotatable bonds is 7. The molecular formula is C26H26O5. The van der Waals surface area contributed by atoms with Gasteiger partial charge in [0.05, 0.1) is 6.61 Å². The first kappa shape index (κ1) is 20.4. The minimum absolute atomic E-state index is 0.173. The Bertz CT molecular complexity index is 882. The lowest BCUT2D eigenvalue weighted by atomic mass is 9.80. The molecule has 0 aliphatic carbocycles. The molecule has 0 unspecified atom stereocenters. The zero-order chi connectivity index (χ0) is 21.3. The summed E-state index contributed by atoms with van der Waals surface area (Å²) >= 11 is 0. The van der Waals surface area contributed by atoms with Crippen LogP contribution in [-0.2, 0) is 24.5 Å². The number of hydrogen-bond donors (Lipinski definition) is 1. The number of methoxy groups -OCH3 is 1. The molecule has 2 aliphatic rings. The van der Waals surface area contributed by atoms with Crippen molar-refractivity contribution in [3.63, 3.8) is 0 Å². The Labute approximate surface area is 182 Å². The zero-order valence-electron chi connectivity index (χ0n) is 17.3. The molecule has 5 atom stereocenters. The highest BCUT2D eigenvalue weighted by atomic mass is 16.7. The molecule has 0 spiro atoms. The second kappa shape index (κ2) is 8.54. The van der Waals surface area contributed by atoms with Crippen LogP contribution in [0.3, 0.4) is 0 Å². The highest BCUT2D eigenvalue weighted by Gasteiger charge is 2.58.